The molecule has 1 aliphatic carbocycles. The number of halogens is 1. The van der Waals surface area contributed by atoms with Crippen molar-refractivity contribution in [1.82, 2.24) is 9.13 Å². The van der Waals surface area contributed by atoms with Crippen LogP contribution in [0.5, 0.6) is 11.5 Å². The second-order valence-electron chi connectivity index (χ2n) is 7.66. The average Bonchev–Trinajstić information content (AvgIpc) is 3.47. The molecule has 0 N–H and O–H groups in total. The molecule has 0 amide bonds. The maximum Gasteiger partial charge on any atom is 0.329 e. The molecule has 0 saturated heterocycles. The predicted molar refractivity (Wildman–Crippen MR) is 118 cm³/mol. The fourth-order valence-corrected chi connectivity index (χ4v) is 3.36. The van der Waals surface area contributed by atoms with Gasteiger partial charge in [0, 0.05) is 18.6 Å². The number of hydrogen-bond donors (Lipinski definition) is 0. The summed E-state index contributed by atoms with van der Waals surface area (Å²) >= 11 is 0. The molecule has 0 unspecified atom stereocenters. The molecule has 3 aromatic rings. The molecule has 7 nitrogen and oxygen atoms in total. The van der Waals surface area contributed by atoms with Crippen LogP contribution in [0, 0.1) is 5.82 Å². The molecule has 0 aliphatic heterocycles. The predicted octanol–water partition coefficient (Wildman–Crippen LogP) is 3.39. The highest BCUT2D eigenvalue weighted by atomic mass is 32.2. The summed E-state index contributed by atoms with van der Waals surface area (Å²) in [5.74, 6) is 0.982. The van der Waals surface area contributed by atoms with E-state index in [1.165, 1.54) is 12.1 Å². The first-order chi connectivity index (χ1) is 14.6. The van der Waals surface area contributed by atoms with Crippen LogP contribution in [0.3, 0.4) is 0 Å². The molecule has 1 saturated carbocycles. The number of hydrogen-bond acceptors (Lipinski definition) is 5. The van der Waals surface area contributed by atoms with Gasteiger partial charge >= 0.3 is 5.69 Å². The van der Waals surface area contributed by atoms with E-state index in [0.717, 1.165) is 36.4 Å². The number of imidazole rings is 1. The van der Waals surface area contributed by atoms with Gasteiger partial charge in [0.2, 0.25) is 0 Å². The van der Waals surface area contributed by atoms with Crippen molar-refractivity contribution in [2.24, 2.45) is 0 Å². The lowest BCUT2D eigenvalue weighted by atomic mass is 10.2. The zero-order chi connectivity index (χ0) is 22.8. The minimum atomic E-state index is -2.67. The van der Waals surface area contributed by atoms with Gasteiger partial charge in [0.15, 0.2) is 11.5 Å². The summed E-state index contributed by atoms with van der Waals surface area (Å²) in [6.45, 7) is 2.83. The SMILES string of the molecule is CCOc1cc(Cn2c(=O)n(C3CC3)c3cc(F)ccc32)ccc1OC.CS(C)(=O)=O. The van der Waals surface area contributed by atoms with Crippen LogP contribution in [0.25, 0.3) is 11.0 Å². The number of rotatable bonds is 6. The summed E-state index contributed by atoms with van der Waals surface area (Å²) < 4.78 is 47.4. The van der Waals surface area contributed by atoms with Gasteiger partial charge in [-0.15, -0.1) is 0 Å². The van der Waals surface area contributed by atoms with Gasteiger partial charge in [-0.1, -0.05) is 6.07 Å². The highest BCUT2D eigenvalue weighted by Gasteiger charge is 2.29. The van der Waals surface area contributed by atoms with Gasteiger partial charge in [0.1, 0.15) is 15.7 Å². The van der Waals surface area contributed by atoms with Crippen LogP contribution in [0.2, 0.25) is 0 Å². The van der Waals surface area contributed by atoms with Crippen molar-refractivity contribution in [3.63, 3.8) is 0 Å². The van der Waals surface area contributed by atoms with Gasteiger partial charge in [0.25, 0.3) is 0 Å². The highest BCUT2D eigenvalue weighted by Crippen LogP contribution is 2.36. The number of sulfone groups is 1. The molecule has 9 heteroatoms. The molecule has 1 fully saturated rings. The average molecular weight is 451 g/mol. The van der Waals surface area contributed by atoms with Crippen LogP contribution in [0.1, 0.15) is 31.4 Å². The monoisotopic (exact) mass is 450 g/mol. The van der Waals surface area contributed by atoms with Gasteiger partial charge < -0.3 is 9.47 Å². The van der Waals surface area contributed by atoms with Crippen molar-refractivity contribution in [2.45, 2.75) is 32.4 Å². The minimum absolute atomic E-state index is 0.0955. The van der Waals surface area contributed by atoms with E-state index >= 15 is 0 Å². The normalized spacial score (nSPS) is 13.6. The maximum atomic E-state index is 13.7. The third-order valence-electron chi connectivity index (χ3n) is 4.71. The number of nitrogens with zero attached hydrogens (tertiary/aromatic N) is 2. The molecule has 4 rings (SSSR count). The smallest absolute Gasteiger partial charge is 0.329 e. The Kier molecular flexibility index (Phi) is 6.74. The van der Waals surface area contributed by atoms with E-state index in [-0.39, 0.29) is 17.5 Å². The number of fused-ring (bicyclic) bond motifs is 1. The lowest BCUT2D eigenvalue weighted by Crippen LogP contribution is -2.24. The molecule has 1 heterocycles. The number of ether oxygens (including phenoxy) is 2. The van der Waals surface area contributed by atoms with Crippen LogP contribution < -0.4 is 15.2 Å². The number of aromatic nitrogens is 2. The highest BCUT2D eigenvalue weighted by molar-refractivity contribution is 7.89. The first-order valence-electron chi connectivity index (χ1n) is 9.97. The summed E-state index contributed by atoms with van der Waals surface area (Å²) in [4.78, 5) is 13.0. The third-order valence-corrected chi connectivity index (χ3v) is 4.71. The van der Waals surface area contributed by atoms with Gasteiger partial charge in [-0.2, -0.15) is 0 Å². The van der Waals surface area contributed by atoms with Crippen molar-refractivity contribution in [3.05, 3.63) is 58.3 Å². The Balaban J connectivity index is 0.000000491. The summed E-state index contributed by atoms with van der Waals surface area (Å²) in [5.41, 5.74) is 2.24. The van der Waals surface area contributed by atoms with Crippen LogP contribution in [0.15, 0.2) is 41.2 Å². The van der Waals surface area contributed by atoms with Crippen molar-refractivity contribution in [1.29, 1.82) is 0 Å². The second-order valence-corrected chi connectivity index (χ2v) is 9.95. The van der Waals surface area contributed by atoms with E-state index < -0.39 is 9.84 Å². The lowest BCUT2D eigenvalue weighted by molar-refractivity contribution is 0.310. The standard InChI is InChI=1S/C20H21FN2O3.C2H6O2S/c1-3-26-19-10-13(4-9-18(19)25-2)12-22-16-8-5-14(21)11-17(16)23(20(22)24)15-6-7-15;1-5(2,3)4/h4-5,8-11,15H,3,6-7,12H2,1-2H3;1-2H3. The van der Waals surface area contributed by atoms with Gasteiger partial charge in [-0.05, 0) is 55.7 Å². The van der Waals surface area contributed by atoms with Crippen molar-refractivity contribution in [3.8, 4) is 11.5 Å². The zero-order valence-electron chi connectivity index (χ0n) is 18.1. The van der Waals surface area contributed by atoms with Gasteiger partial charge in [-0.3, -0.25) is 9.13 Å². The summed E-state index contributed by atoms with van der Waals surface area (Å²) in [6.07, 6.45) is 4.25. The van der Waals surface area contributed by atoms with E-state index in [4.69, 9.17) is 9.47 Å². The Labute approximate surface area is 180 Å². The Hall–Kier alpha value is -2.81. The van der Waals surface area contributed by atoms with Crippen LogP contribution in [-0.4, -0.2) is 43.8 Å². The molecule has 2 aromatic carbocycles. The molecular weight excluding hydrogens is 423 g/mol. The molecule has 0 bridgehead atoms. The summed E-state index contributed by atoms with van der Waals surface area (Å²) in [7, 11) is -1.07. The molecule has 1 aromatic heterocycles. The summed E-state index contributed by atoms with van der Waals surface area (Å²) in [6, 6.07) is 10.3. The molecule has 0 spiro atoms. The quantitative estimate of drug-likeness (QED) is 0.575. The Morgan fingerprint density at radius 3 is 2.32 bits per heavy atom. The van der Waals surface area contributed by atoms with Crippen molar-refractivity contribution >= 4 is 20.9 Å². The van der Waals surface area contributed by atoms with Crippen molar-refractivity contribution < 1.29 is 22.3 Å². The largest absolute Gasteiger partial charge is 0.493 e. The number of methoxy groups -OCH3 is 1. The van der Waals surface area contributed by atoms with Crippen molar-refractivity contribution in [2.75, 3.05) is 26.2 Å². The van der Waals surface area contributed by atoms with Crippen LogP contribution in [0.4, 0.5) is 4.39 Å². The molecule has 0 atom stereocenters. The minimum Gasteiger partial charge on any atom is -0.493 e. The number of benzene rings is 2. The zero-order valence-corrected chi connectivity index (χ0v) is 18.9. The first-order valence-corrected chi connectivity index (χ1v) is 12.3. The first kappa shape index (κ1) is 22.9. The maximum absolute atomic E-state index is 13.7. The van der Waals surface area contributed by atoms with E-state index in [9.17, 15) is 17.6 Å². The Morgan fingerprint density at radius 1 is 1.06 bits per heavy atom. The van der Waals surface area contributed by atoms with E-state index in [0.29, 0.717) is 30.2 Å². The molecule has 0 radical (unpaired) electrons. The fraction of sp³-hybridized carbons (Fsp3) is 0.409. The Morgan fingerprint density at radius 2 is 1.74 bits per heavy atom. The fourth-order valence-electron chi connectivity index (χ4n) is 3.36. The molecule has 1 aliphatic rings. The molecular formula is C22H27FN2O5S. The third kappa shape index (κ3) is 5.66. The lowest BCUT2D eigenvalue weighted by Gasteiger charge is -2.11. The van der Waals surface area contributed by atoms with Gasteiger partial charge in [-0.25, -0.2) is 17.6 Å². The van der Waals surface area contributed by atoms with Crippen LogP contribution >= 0.6 is 0 Å². The summed E-state index contributed by atoms with van der Waals surface area (Å²) in [5, 5.41) is 0. The topological polar surface area (TPSA) is 79.5 Å². The van der Waals surface area contributed by atoms with E-state index in [2.05, 4.69) is 0 Å². The molecule has 168 valence electrons. The van der Waals surface area contributed by atoms with E-state index in [1.54, 1.807) is 22.3 Å². The molecule has 31 heavy (non-hydrogen) atoms. The second kappa shape index (κ2) is 9.13. The van der Waals surface area contributed by atoms with Crippen LogP contribution in [-0.2, 0) is 16.4 Å². The van der Waals surface area contributed by atoms with Gasteiger partial charge in [0.05, 0.1) is 31.3 Å². The Bertz CT molecular complexity index is 1230. The van der Waals surface area contributed by atoms with E-state index in [1.807, 2.05) is 25.1 Å².